The van der Waals surface area contributed by atoms with Crippen LogP contribution in [0.4, 0.5) is 13.2 Å². The Balaban J connectivity index is 1.64. The Kier molecular flexibility index (Phi) is 7.46. The third kappa shape index (κ3) is 5.01. The molecule has 12 heteroatoms. The summed E-state index contributed by atoms with van der Waals surface area (Å²) in [5.41, 5.74) is 2.49. The minimum absolute atomic E-state index is 0.0384. The fourth-order valence-electron chi connectivity index (χ4n) is 5.59. The SMILES string of the molecule is C=C(c1c(OC)nc2ccc(C(O)(c3ccc(C)nc3C)c3cnnn3C)cc2c1Cl)N1CCC(C(F)(F)F)CC1. The van der Waals surface area contributed by atoms with Crippen molar-refractivity contribution in [1.29, 1.82) is 0 Å². The Morgan fingerprint density at radius 2 is 1.83 bits per heavy atom. The second-order valence-electron chi connectivity index (χ2n) is 10.3. The van der Waals surface area contributed by atoms with Crippen LogP contribution in [0.2, 0.25) is 5.02 Å². The van der Waals surface area contributed by atoms with Crippen LogP contribution in [0, 0.1) is 19.8 Å². The summed E-state index contributed by atoms with van der Waals surface area (Å²) in [6, 6.07) is 8.85. The molecule has 5 rings (SSSR count). The molecule has 1 fully saturated rings. The average Bonchev–Trinajstić information content (AvgIpc) is 3.38. The first-order chi connectivity index (χ1) is 19.4. The van der Waals surface area contributed by atoms with E-state index in [2.05, 4.69) is 26.9 Å². The van der Waals surface area contributed by atoms with Crippen LogP contribution in [0.25, 0.3) is 16.6 Å². The van der Waals surface area contributed by atoms with E-state index in [0.29, 0.717) is 44.7 Å². The van der Waals surface area contributed by atoms with Gasteiger partial charge in [-0.2, -0.15) is 13.2 Å². The Morgan fingerprint density at radius 3 is 2.41 bits per heavy atom. The minimum Gasteiger partial charge on any atom is -0.480 e. The molecule has 1 unspecified atom stereocenters. The molecule has 1 aliphatic heterocycles. The smallest absolute Gasteiger partial charge is 0.391 e. The number of alkyl halides is 3. The average molecular weight is 587 g/mol. The Bertz CT molecular complexity index is 1630. The van der Waals surface area contributed by atoms with E-state index >= 15 is 0 Å². The molecule has 4 aromatic rings. The Hall–Kier alpha value is -3.70. The molecule has 41 heavy (non-hydrogen) atoms. The summed E-state index contributed by atoms with van der Waals surface area (Å²) in [5, 5.41) is 21.2. The van der Waals surface area contributed by atoms with Crippen molar-refractivity contribution < 1.29 is 23.0 Å². The van der Waals surface area contributed by atoms with Gasteiger partial charge in [0.2, 0.25) is 5.88 Å². The van der Waals surface area contributed by atoms with Crippen molar-refractivity contribution in [2.45, 2.75) is 38.5 Å². The maximum atomic E-state index is 13.3. The zero-order valence-corrected chi connectivity index (χ0v) is 23.9. The van der Waals surface area contributed by atoms with Crippen molar-refractivity contribution in [3.05, 3.63) is 81.9 Å². The highest BCUT2D eigenvalue weighted by Crippen LogP contribution is 2.43. The fraction of sp³-hybridized carbons (Fsp3) is 0.379. The van der Waals surface area contributed by atoms with Crippen LogP contribution in [0.1, 0.15) is 46.6 Å². The van der Waals surface area contributed by atoms with Crippen molar-refractivity contribution in [3.8, 4) is 5.88 Å². The van der Waals surface area contributed by atoms with E-state index in [1.54, 1.807) is 30.1 Å². The van der Waals surface area contributed by atoms with Crippen molar-refractivity contribution in [2.24, 2.45) is 13.0 Å². The Morgan fingerprint density at radius 1 is 1.12 bits per heavy atom. The summed E-state index contributed by atoms with van der Waals surface area (Å²) in [4.78, 5) is 11.0. The van der Waals surface area contributed by atoms with E-state index in [1.807, 2.05) is 26.0 Å². The van der Waals surface area contributed by atoms with E-state index in [-0.39, 0.29) is 36.8 Å². The highest BCUT2D eigenvalue weighted by Gasteiger charge is 2.42. The maximum absolute atomic E-state index is 13.3. The summed E-state index contributed by atoms with van der Waals surface area (Å²) in [7, 11) is 3.14. The molecule has 1 N–H and O–H groups in total. The first-order valence-corrected chi connectivity index (χ1v) is 13.4. The zero-order valence-electron chi connectivity index (χ0n) is 23.1. The molecule has 0 bridgehead atoms. The minimum atomic E-state index is -4.23. The Labute approximate surface area is 240 Å². The van der Waals surface area contributed by atoms with Crippen molar-refractivity contribution >= 4 is 28.2 Å². The fourth-order valence-corrected chi connectivity index (χ4v) is 5.93. The van der Waals surface area contributed by atoms with Crippen LogP contribution in [-0.2, 0) is 12.6 Å². The third-order valence-electron chi connectivity index (χ3n) is 7.83. The van der Waals surface area contributed by atoms with Gasteiger partial charge in [0.15, 0.2) is 5.60 Å². The summed E-state index contributed by atoms with van der Waals surface area (Å²) in [6.07, 6.45) is -2.81. The van der Waals surface area contributed by atoms with Gasteiger partial charge in [-0.05, 0) is 50.5 Å². The predicted octanol–water partition coefficient (Wildman–Crippen LogP) is 5.57. The van der Waals surface area contributed by atoms with Gasteiger partial charge in [0, 0.05) is 48.2 Å². The van der Waals surface area contributed by atoms with Gasteiger partial charge in [0.05, 0.1) is 41.0 Å². The van der Waals surface area contributed by atoms with E-state index in [9.17, 15) is 18.3 Å². The summed E-state index contributed by atoms with van der Waals surface area (Å²) < 4.78 is 46.8. The predicted molar refractivity (Wildman–Crippen MR) is 150 cm³/mol. The first-order valence-electron chi connectivity index (χ1n) is 13.1. The normalized spacial score (nSPS) is 16.2. The highest BCUT2D eigenvalue weighted by atomic mass is 35.5. The molecule has 1 saturated heterocycles. The molecule has 0 radical (unpaired) electrons. The van der Waals surface area contributed by atoms with E-state index in [4.69, 9.17) is 16.3 Å². The maximum Gasteiger partial charge on any atom is 0.391 e. The van der Waals surface area contributed by atoms with Crippen molar-refractivity contribution in [1.82, 2.24) is 29.9 Å². The van der Waals surface area contributed by atoms with E-state index < -0.39 is 17.7 Å². The number of pyridine rings is 2. The number of hydrogen-bond donors (Lipinski definition) is 1. The lowest BCUT2D eigenvalue weighted by molar-refractivity contribution is -0.183. The number of halogens is 4. The van der Waals surface area contributed by atoms with Crippen molar-refractivity contribution in [2.75, 3.05) is 20.2 Å². The van der Waals surface area contributed by atoms with E-state index in [0.717, 1.165) is 5.69 Å². The quantitative estimate of drug-likeness (QED) is 0.316. The number of aromatic nitrogens is 5. The number of aliphatic hydroxyl groups is 1. The molecule has 1 atom stereocenters. The number of aryl methyl sites for hydroxylation is 3. The van der Waals surface area contributed by atoms with Crippen molar-refractivity contribution in [3.63, 3.8) is 0 Å². The molecule has 4 heterocycles. The van der Waals surface area contributed by atoms with Gasteiger partial charge in [-0.3, -0.25) is 4.98 Å². The number of likely N-dealkylation sites (tertiary alicyclic amines) is 1. The van der Waals surface area contributed by atoms with Gasteiger partial charge in [-0.25, -0.2) is 9.67 Å². The number of rotatable bonds is 6. The molecule has 216 valence electrons. The molecule has 0 saturated carbocycles. The molecule has 1 aliphatic rings. The topological polar surface area (TPSA) is 89.2 Å². The second-order valence-corrected chi connectivity index (χ2v) is 10.7. The van der Waals surface area contributed by atoms with Gasteiger partial charge in [-0.15, -0.1) is 5.10 Å². The molecule has 1 aromatic carbocycles. The lowest BCUT2D eigenvalue weighted by Gasteiger charge is -2.36. The summed E-state index contributed by atoms with van der Waals surface area (Å²) in [5.74, 6) is -1.14. The standard InChI is InChI=1S/C29H30ClF3N6O2/c1-16-6-8-22(17(2)35-16)28(40,24-15-34-37-38(24)4)20-7-9-23-21(14-20)26(30)25(27(36-23)41-5)18(3)39-12-10-19(11-13-39)29(31,32)33/h6-9,14-15,19,40H,3,10-13H2,1-2,4-5H3. The number of nitrogens with zero attached hydrogens (tertiary/aromatic N) is 6. The number of benzene rings is 1. The van der Waals surface area contributed by atoms with Gasteiger partial charge in [0.1, 0.15) is 0 Å². The van der Waals surface area contributed by atoms with Crippen LogP contribution >= 0.6 is 11.6 Å². The molecular weight excluding hydrogens is 557 g/mol. The second kappa shape index (κ2) is 10.6. The van der Waals surface area contributed by atoms with Gasteiger partial charge >= 0.3 is 6.18 Å². The molecule has 0 aliphatic carbocycles. The summed E-state index contributed by atoms with van der Waals surface area (Å²) >= 11 is 7.01. The molecule has 8 nitrogen and oxygen atoms in total. The monoisotopic (exact) mass is 586 g/mol. The number of ether oxygens (including phenoxy) is 1. The van der Waals surface area contributed by atoms with E-state index in [1.165, 1.54) is 18.0 Å². The number of hydrogen-bond acceptors (Lipinski definition) is 7. The third-order valence-corrected chi connectivity index (χ3v) is 8.22. The number of fused-ring (bicyclic) bond motifs is 1. The molecule has 0 amide bonds. The highest BCUT2D eigenvalue weighted by molar-refractivity contribution is 6.37. The number of methoxy groups -OCH3 is 1. The lowest BCUT2D eigenvalue weighted by atomic mass is 9.82. The van der Waals surface area contributed by atoms with Gasteiger partial charge in [0.25, 0.3) is 0 Å². The van der Waals surface area contributed by atoms with Gasteiger partial charge < -0.3 is 14.7 Å². The van der Waals surface area contributed by atoms with Crippen LogP contribution < -0.4 is 4.74 Å². The van der Waals surface area contributed by atoms with Crippen LogP contribution in [0.15, 0.2) is 43.1 Å². The van der Waals surface area contributed by atoms with Gasteiger partial charge in [-0.1, -0.05) is 35.5 Å². The molecular formula is C29H30ClF3N6O2. The number of piperidine rings is 1. The van der Waals surface area contributed by atoms with Crippen LogP contribution in [0.3, 0.4) is 0 Å². The zero-order chi connectivity index (χ0) is 29.7. The molecule has 3 aromatic heterocycles. The van der Waals surface area contributed by atoms with Crippen LogP contribution in [0.5, 0.6) is 5.88 Å². The lowest BCUT2D eigenvalue weighted by Crippen LogP contribution is -2.38. The van der Waals surface area contributed by atoms with Crippen LogP contribution in [-0.4, -0.2) is 61.3 Å². The molecule has 0 spiro atoms. The summed E-state index contributed by atoms with van der Waals surface area (Å²) in [6.45, 7) is 8.21. The largest absolute Gasteiger partial charge is 0.480 e. The first kappa shape index (κ1) is 28.8.